The number of anilines is 1. The molecule has 5 rings (SSSR count). The summed E-state index contributed by atoms with van der Waals surface area (Å²) >= 11 is 4.84. The minimum absolute atomic E-state index is 0.244. The lowest BCUT2D eigenvalue weighted by Gasteiger charge is -2.49. The van der Waals surface area contributed by atoms with E-state index < -0.39 is 22.8 Å². The average molecular weight is 581 g/mol. The van der Waals surface area contributed by atoms with E-state index in [1.165, 1.54) is 16.2 Å². The largest absolute Gasteiger partial charge is 0.300 e. The van der Waals surface area contributed by atoms with Gasteiger partial charge in [-0.2, -0.15) is 0 Å². The number of benzene rings is 2. The minimum atomic E-state index is -0.959. The van der Waals surface area contributed by atoms with E-state index in [0.717, 1.165) is 26.2 Å². The molecule has 0 radical (unpaired) electrons. The normalized spacial score (nSPS) is 23.3. The lowest BCUT2D eigenvalue weighted by molar-refractivity contribution is -0.172. The van der Waals surface area contributed by atoms with Gasteiger partial charge >= 0.3 is 0 Å². The highest BCUT2D eigenvalue weighted by atomic mass is 79.9. The van der Waals surface area contributed by atoms with E-state index in [-0.39, 0.29) is 24.2 Å². The highest BCUT2D eigenvalue weighted by Crippen LogP contribution is 2.60. The number of aryl methyl sites for hydroxylation is 1. The summed E-state index contributed by atoms with van der Waals surface area (Å²) in [4.78, 5) is 48.3. The Bertz CT molecular complexity index is 1370. The summed E-state index contributed by atoms with van der Waals surface area (Å²) in [5, 5.41) is 3.39. The summed E-state index contributed by atoms with van der Waals surface area (Å²) in [6, 6.07) is 16.4. The first-order valence-corrected chi connectivity index (χ1v) is 14.1. The number of amides is 3. The van der Waals surface area contributed by atoms with Crippen LogP contribution in [0.25, 0.3) is 11.3 Å². The van der Waals surface area contributed by atoms with E-state index in [9.17, 15) is 14.4 Å². The van der Waals surface area contributed by atoms with Crippen molar-refractivity contribution < 1.29 is 14.4 Å². The van der Waals surface area contributed by atoms with Gasteiger partial charge in [-0.25, -0.2) is 4.98 Å². The predicted molar refractivity (Wildman–Crippen MR) is 149 cm³/mol. The van der Waals surface area contributed by atoms with E-state index in [1.54, 1.807) is 0 Å². The molecule has 3 atom stereocenters. The Morgan fingerprint density at radius 2 is 1.81 bits per heavy atom. The molecule has 8 heteroatoms. The summed E-state index contributed by atoms with van der Waals surface area (Å²) in [7, 11) is 0. The van der Waals surface area contributed by atoms with Gasteiger partial charge in [-0.1, -0.05) is 79.2 Å². The van der Waals surface area contributed by atoms with Gasteiger partial charge in [0.25, 0.3) is 0 Å². The predicted octanol–water partition coefficient (Wildman–Crippen LogP) is 6.24. The smallest absolute Gasteiger partial charge is 0.249 e. The molecule has 1 N–H and O–H groups in total. The molecular weight excluding hydrogens is 550 g/mol. The quantitative estimate of drug-likeness (QED) is 0.350. The Kier molecular flexibility index (Phi) is 6.61. The highest BCUT2D eigenvalue weighted by molar-refractivity contribution is 9.10. The minimum Gasteiger partial charge on any atom is -0.300 e. The van der Waals surface area contributed by atoms with Gasteiger partial charge in [0.15, 0.2) is 5.13 Å². The van der Waals surface area contributed by atoms with E-state index >= 15 is 0 Å². The molecule has 2 fully saturated rings. The first-order chi connectivity index (χ1) is 17.5. The number of halogens is 1. The summed E-state index contributed by atoms with van der Waals surface area (Å²) in [6.07, 6.45) is 1.55. The van der Waals surface area contributed by atoms with Gasteiger partial charge in [0.1, 0.15) is 6.04 Å². The molecule has 3 unspecified atom stereocenters. The van der Waals surface area contributed by atoms with Gasteiger partial charge in [0.05, 0.1) is 11.1 Å². The maximum atomic E-state index is 13.9. The molecule has 0 spiro atoms. The van der Waals surface area contributed by atoms with Crippen LogP contribution < -0.4 is 5.32 Å². The number of fused-ring (bicyclic) bond motifs is 2. The van der Waals surface area contributed by atoms with Gasteiger partial charge in [-0.15, -0.1) is 11.3 Å². The number of hydrogen-bond acceptors (Lipinski definition) is 5. The van der Waals surface area contributed by atoms with Crippen molar-refractivity contribution in [2.24, 2.45) is 16.7 Å². The first kappa shape index (κ1) is 25.8. The molecule has 3 amide bonds. The third kappa shape index (κ3) is 4.34. The average Bonchev–Trinajstić information content (AvgIpc) is 3.31. The SMILES string of the molecule is Cc1sc(NC(=O)C(Cc2ccccc2)N2C(=O)C3CCC(C)(C2=O)C3(C)C)nc1-c1ccc(Br)cc1. The van der Waals surface area contributed by atoms with Gasteiger partial charge in [-0.05, 0) is 42.9 Å². The third-order valence-electron chi connectivity index (χ3n) is 8.48. The van der Waals surface area contributed by atoms with Crippen LogP contribution in [0, 0.1) is 23.7 Å². The zero-order valence-corrected chi connectivity index (χ0v) is 23.8. The number of rotatable bonds is 6. The second-order valence-corrected chi connectivity index (χ2v) is 12.9. The van der Waals surface area contributed by atoms with Crippen LogP contribution in [0.2, 0.25) is 0 Å². The van der Waals surface area contributed by atoms with E-state index in [2.05, 4.69) is 26.2 Å². The van der Waals surface area contributed by atoms with Crippen LogP contribution >= 0.6 is 27.3 Å². The fourth-order valence-corrected chi connectivity index (χ4v) is 6.90. The molecule has 2 aliphatic rings. The molecule has 37 heavy (non-hydrogen) atoms. The van der Waals surface area contributed by atoms with Crippen LogP contribution in [-0.2, 0) is 20.8 Å². The summed E-state index contributed by atoms with van der Waals surface area (Å²) < 4.78 is 0.975. The molecule has 2 bridgehead atoms. The number of piperidine rings is 1. The second kappa shape index (κ2) is 9.48. The van der Waals surface area contributed by atoms with Gasteiger partial charge in [0.2, 0.25) is 17.7 Å². The van der Waals surface area contributed by atoms with Crippen molar-refractivity contribution in [3.05, 3.63) is 69.5 Å². The number of aromatic nitrogens is 1. The summed E-state index contributed by atoms with van der Waals surface area (Å²) in [5.41, 5.74) is 1.50. The lowest BCUT2D eigenvalue weighted by Crippen LogP contribution is -2.64. The fraction of sp³-hybridized carbons (Fsp3) is 0.379. The Morgan fingerprint density at radius 3 is 2.49 bits per heavy atom. The molecule has 2 heterocycles. The van der Waals surface area contributed by atoms with Gasteiger partial charge < -0.3 is 5.32 Å². The molecule has 192 valence electrons. The number of nitrogens with zero attached hydrogens (tertiary/aromatic N) is 2. The van der Waals surface area contributed by atoms with Crippen LogP contribution in [0.3, 0.4) is 0 Å². The first-order valence-electron chi connectivity index (χ1n) is 12.5. The standard InChI is InChI=1S/C29H30BrN3O3S/c1-17-23(19-10-12-20(30)13-11-19)31-27(37-17)32-24(34)22(16-18-8-6-5-7-9-18)33-25(35)21-14-15-29(4,26(33)36)28(21,2)3/h5-13,21-22H,14-16H2,1-4H3,(H,31,32,34). The highest BCUT2D eigenvalue weighted by Gasteiger charge is 2.65. The van der Waals surface area contributed by atoms with Crippen molar-refractivity contribution in [2.75, 3.05) is 5.32 Å². The molecule has 3 aromatic rings. The number of carbonyl (C=O) groups is 3. The van der Waals surface area contributed by atoms with Crippen LogP contribution in [0.1, 0.15) is 44.1 Å². The number of imide groups is 1. The Balaban J connectivity index is 1.48. The number of carbonyl (C=O) groups excluding carboxylic acids is 3. The van der Waals surface area contributed by atoms with Crippen LogP contribution in [-0.4, -0.2) is 33.6 Å². The molecule has 1 aliphatic carbocycles. The van der Waals surface area contributed by atoms with Gasteiger partial charge in [-0.3, -0.25) is 19.3 Å². The summed E-state index contributed by atoms with van der Waals surface area (Å²) in [6.45, 7) is 7.92. The fourth-order valence-electron chi connectivity index (χ4n) is 5.80. The molecule has 2 aromatic carbocycles. The van der Waals surface area contributed by atoms with E-state index in [0.29, 0.717) is 18.0 Å². The number of nitrogens with one attached hydrogen (secondary N) is 1. The van der Waals surface area contributed by atoms with E-state index in [1.807, 2.05) is 82.3 Å². The molecule has 1 aromatic heterocycles. The van der Waals surface area contributed by atoms with Crippen molar-refractivity contribution in [3.8, 4) is 11.3 Å². The van der Waals surface area contributed by atoms with E-state index in [4.69, 9.17) is 0 Å². The number of likely N-dealkylation sites (tertiary alicyclic amines) is 1. The van der Waals surface area contributed by atoms with Gasteiger partial charge in [0, 0.05) is 27.3 Å². The molecular formula is C29H30BrN3O3S. The number of thiazole rings is 1. The molecule has 1 saturated carbocycles. The van der Waals surface area contributed by atoms with Crippen LogP contribution in [0.4, 0.5) is 5.13 Å². The summed E-state index contributed by atoms with van der Waals surface area (Å²) in [5.74, 6) is -1.18. The van der Waals surface area contributed by atoms with Crippen LogP contribution in [0.15, 0.2) is 59.1 Å². The van der Waals surface area contributed by atoms with Crippen molar-refractivity contribution >= 4 is 50.1 Å². The van der Waals surface area contributed by atoms with Crippen molar-refractivity contribution in [3.63, 3.8) is 0 Å². The monoisotopic (exact) mass is 579 g/mol. The Hall–Kier alpha value is -2.84. The third-order valence-corrected chi connectivity index (χ3v) is 9.90. The zero-order chi connectivity index (χ0) is 26.5. The topological polar surface area (TPSA) is 79.4 Å². The molecule has 1 saturated heterocycles. The maximum absolute atomic E-state index is 13.9. The van der Waals surface area contributed by atoms with Crippen molar-refractivity contribution in [1.29, 1.82) is 0 Å². The van der Waals surface area contributed by atoms with Crippen molar-refractivity contribution in [2.45, 2.75) is 53.0 Å². The molecule has 1 aliphatic heterocycles. The molecule has 6 nitrogen and oxygen atoms in total. The maximum Gasteiger partial charge on any atom is 0.249 e. The lowest BCUT2D eigenvalue weighted by atomic mass is 9.62. The number of hydrogen-bond donors (Lipinski definition) is 1. The van der Waals surface area contributed by atoms with Crippen LogP contribution in [0.5, 0.6) is 0 Å². The Morgan fingerprint density at radius 1 is 1.14 bits per heavy atom. The van der Waals surface area contributed by atoms with Crippen molar-refractivity contribution in [1.82, 2.24) is 9.88 Å². The zero-order valence-electron chi connectivity index (χ0n) is 21.4. The second-order valence-electron chi connectivity index (χ2n) is 10.8. The Labute approximate surface area is 229 Å².